The van der Waals surface area contributed by atoms with Gasteiger partial charge in [-0.15, -0.1) is 0 Å². The average Bonchev–Trinajstić information content (AvgIpc) is 2.72. The molecule has 0 atom stereocenters. The zero-order valence-corrected chi connectivity index (χ0v) is 11.6. The number of aryl methyl sites for hydroxylation is 1. The van der Waals surface area contributed by atoms with Crippen LogP contribution >= 0.6 is 23.2 Å². The van der Waals surface area contributed by atoms with Gasteiger partial charge in [0.05, 0.1) is 10.7 Å². The molecule has 1 aromatic rings. The van der Waals surface area contributed by atoms with Gasteiger partial charge in [-0.1, -0.05) is 23.2 Å². The molecule has 2 amide bonds. The number of nitrogens with zero attached hydrogens (tertiary/aromatic N) is 1. The van der Waals surface area contributed by atoms with Gasteiger partial charge < -0.3 is 15.5 Å². The molecule has 0 spiro atoms. The monoisotopic (exact) mass is 287 g/mol. The van der Waals surface area contributed by atoms with Crippen LogP contribution < -0.4 is 10.6 Å². The number of benzene rings is 1. The lowest BCUT2D eigenvalue weighted by Gasteiger charge is -2.16. The Morgan fingerprint density at radius 3 is 2.83 bits per heavy atom. The fourth-order valence-electron chi connectivity index (χ4n) is 1.83. The second kappa shape index (κ2) is 5.67. The Kier molecular flexibility index (Phi) is 4.19. The third-order valence-electron chi connectivity index (χ3n) is 2.89. The molecule has 1 aliphatic heterocycles. The molecule has 1 aromatic carbocycles. The van der Waals surface area contributed by atoms with Crippen LogP contribution in [0.5, 0.6) is 0 Å². The van der Waals surface area contributed by atoms with E-state index in [1.54, 1.807) is 4.90 Å². The quantitative estimate of drug-likeness (QED) is 0.894. The van der Waals surface area contributed by atoms with Gasteiger partial charge in [-0.25, -0.2) is 4.79 Å². The number of hydrogen-bond acceptors (Lipinski definition) is 2. The number of nitrogens with one attached hydrogen (secondary N) is 2. The Morgan fingerprint density at radius 2 is 2.17 bits per heavy atom. The molecule has 1 aliphatic rings. The summed E-state index contributed by atoms with van der Waals surface area (Å²) in [5, 5.41) is 7.27. The second-order valence-electron chi connectivity index (χ2n) is 4.23. The van der Waals surface area contributed by atoms with Crippen LogP contribution in [0.2, 0.25) is 10.0 Å². The number of anilines is 1. The van der Waals surface area contributed by atoms with Crippen molar-refractivity contribution in [1.82, 2.24) is 10.2 Å². The van der Waals surface area contributed by atoms with Crippen molar-refractivity contribution >= 4 is 34.9 Å². The van der Waals surface area contributed by atoms with Crippen molar-refractivity contribution < 1.29 is 4.79 Å². The second-order valence-corrected chi connectivity index (χ2v) is 5.04. The largest absolute Gasteiger partial charge is 0.382 e. The molecule has 0 radical (unpaired) electrons. The Bertz CT molecular complexity index is 465. The lowest BCUT2D eigenvalue weighted by molar-refractivity contribution is 0.219. The van der Waals surface area contributed by atoms with Gasteiger partial charge >= 0.3 is 6.03 Å². The van der Waals surface area contributed by atoms with E-state index in [4.69, 9.17) is 23.2 Å². The Hall–Kier alpha value is -1.13. The third-order valence-corrected chi connectivity index (χ3v) is 3.61. The molecule has 1 saturated heterocycles. The number of urea groups is 1. The Labute approximate surface area is 116 Å². The van der Waals surface area contributed by atoms with Crippen LogP contribution in [0.1, 0.15) is 5.56 Å². The van der Waals surface area contributed by atoms with Gasteiger partial charge in [-0.2, -0.15) is 0 Å². The van der Waals surface area contributed by atoms with E-state index in [2.05, 4.69) is 10.6 Å². The molecule has 0 bridgehead atoms. The van der Waals surface area contributed by atoms with Gasteiger partial charge in [0.25, 0.3) is 0 Å². The van der Waals surface area contributed by atoms with Crippen molar-refractivity contribution in [3.63, 3.8) is 0 Å². The minimum absolute atomic E-state index is 0.00941. The van der Waals surface area contributed by atoms with Crippen LogP contribution in [0.3, 0.4) is 0 Å². The van der Waals surface area contributed by atoms with E-state index in [0.29, 0.717) is 23.1 Å². The number of carbonyl (C=O) groups excluding carboxylic acids is 1. The summed E-state index contributed by atoms with van der Waals surface area (Å²) in [6.07, 6.45) is 0. The minimum atomic E-state index is -0.00941. The third kappa shape index (κ3) is 3.00. The summed E-state index contributed by atoms with van der Waals surface area (Å²) >= 11 is 12.2. The van der Waals surface area contributed by atoms with Gasteiger partial charge in [0.15, 0.2) is 0 Å². The molecule has 0 saturated carbocycles. The zero-order valence-electron chi connectivity index (χ0n) is 10.1. The first-order valence-electron chi connectivity index (χ1n) is 5.80. The van der Waals surface area contributed by atoms with Crippen LogP contribution in [0.25, 0.3) is 0 Å². The predicted molar refractivity (Wildman–Crippen MR) is 74.7 cm³/mol. The highest BCUT2D eigenvalue weighted by atomic mass is 35.5. The SMILES string of the molecule is Cc1cc(Cl)c(NCCN2CCNC2=O)cc1Cl. The van der Waals surface area contributed by atoms with E-state index in [9.17, 15) is 4.79 Å². The molecule has 98 valence electrons. The standard InChI is InChI=1S/C12H15Cl2N3O/c1-8-6-10(14)11(7-9(8)13)15-2-4-17-5-3-16-12(17)18/h6-7,15H,2-5H2,1H3,(H,16,18). The Morgan fingerprint density at radius 1 is 1.39 bits per heavy atom. The molecular formula is C12H15Cl2N3O. The summed E-state index contributed by atoms with van der Waals surface area (Å²) in [6.45, 7) is 4.67. The van der Waals surface area contributed by atoms with Crippen LogP contribution in [0.15, 0.2) is 12.1 Å². The number of amides is 2. The highest BCUT2D eigenvalue weighted by Crippen LogP contribution is 2.28. The summed E-state index contributed by atoms with van der Waals surface area (Å²) in [7, 11) is 0. The van der Waals surface area contributed by atoms with Crippen LogP contribution in [-0.2, 0) is 0 Å². The molecular weight excluding hydrogens is 273 g/mol. The molecule has 2 N–H and O–H groups in total. The number of hydrogen-bond donors (Lipinski definition) is 2. The van der Waals surface area contributed by atoms with E-state index >= 15 is 0 Å². The maximum absolute atomic E-state index is 11.3. The number of halogens is 2. The molecule has 4 nitrogen and oxygen atoms in total. The van der Waals surface area contributed by atoms with Crippen LogP contribution in [-0.4, -0.2) is 37.1 Å². The first kappa shape index (κ1) is 13.3. The molecule has 1 heterocycles. The van der Waals surface area contributed by atoms with E-state index in [0.717, 1.165) is 24.3 Å². The first-order chi connectivity index (χ1) is 8.58. The fraction of sp³-hybridized carbons (Fsp3) is 0.417. The molecule has 18 heavy (non-hydrogen) atoms. The summed E-state index contributed by atoms with van der Waals surface area (Å²) in [4.78, 5) is 13.1. The van der Waals surface area contributed by atoms with Crippen molar-refractivity contribution in [2.24, 2.45) is 0 Å². The summed E-state index contributed by atoms with van der Waals surface area (Å²) in [5.41, 5.74) is 1.75. The highest BCUT2D eigenvalue weighted by Gasteiger charge is 2.18. The number of carbonyl (C=O) groups is 1. The molecule has 6 heteroatoms. The highest BCUT2D eigenvalue weighted by molar-refractivity contribution is 6.35. The molecule has 0 aromatic heterocycles. The summed E-state index contributed by atoms with van der Waals surface area (Å²) in [6, 6.07) is 3.63. The lowest BCUT2D eigenvalue weighted by atomic mass is 10.2. The van der Waals surface area contributed by atoms with Crippen molar-refractivity contribution in [1.29, 1.82) is 0 Å². The Balaban J connectivity index is 1.90. The maximum Gasteiger partial charge on any atom is 0.317 e. The van der Waals surface area contributed by atoms with E-state index in [-0.39, 0.29) is 6.03 Å². The predicted octanol–water partition coefficient (Wildman–Crippen LogP) is 2.74. The van der Waals surface area contributed by atoms with E-state index in [1.807, 2.05) is 19.1 Å². The van der Waals surface area contributed by atoms with Gasteiger partial charge in [0, 0.05) is 31.2 Å². The lowest BCUT2D eigenvalue weighted by Crippen LogP contribution is -2.32. The van der Waals surface area contributed by atoms with Crippen molar-refractivity contribution in [3.05, 3.63) is 27.7 Å². The van der Waals surface area contributed by atoms with E-state index < -0.39 is 0 Å². The minimum Gasteiger partial charge on any atom is -0.382 e. The smallest absolute Gasteiger partial charge is 0.317 e. The normalized spacial score (nSPS) is 14.8. The van der Waals surface area contributed by atoms with E-state index in [1.165, 1.54) is 0 Å². The summed E-state index contributed by atoms with van der Waals surface area (Å²) in [5.74, 6) is 0. The molecule has 0 unspecified atom stereocenters. The van der Waals surface area contributed by atoms with Gasteiger partial charge in [-0.05, 0) is 24.6 Å². The fourth-order valence-corrected chi connectivity index (χ4v) is 2.28. The van der Waals surface area contributed by atoms with Crippen molar-refractivity contribution in [2.45, 2.75) is 6.92 Å². The summed E-state index contributed by atoms with van der Waals surface area (Å²) < 4.78 is 0. The number of rotatable bonds is 4. The van der Waals surface area contributed by atoms with Crippen LogP contribution in [0.4, 0.5) is 10.5 Å². The van der Waals surface area contributed by atoms with Crippen molar-refractivity contribution in [2.75, 3.05) is 31.5 Å². The first-order valence-corrected chi connectivity index (χ1v) is 6.56. The maximum atomic E-state index is 11.3. The van der Waals surface area contributed by atoms with Gasteiger partial charge in [0.2, 0.25) is 0 Å². The topological polar surface area (TPSA) is 44.4 Å². The average molecular weight is 288 g/mol. The molecule has 1 fully saturated rings. The van der Waals surface area contributed by atoms with Gasteiger partial charge in [0.1, 0.15) is 0 Å². The van der Waals surface area contributed by atoms with Gasteiger partial charge in [-0.3, -0.25) is 0 Å². The van der Waals surface area contributed by atoms with Crippen LogP contribution in [0, 0.1) is 6.92 Å². The molecule has 2 rings (SSSR count). The van der Waals surface area contributed by atoms with Crippen molar-refractivity contribution in [3.8, 4) is 0 Å². The zero-order chi connectivity index (χ0) is 13.1. The molecule has 0 aliphatic carbocycles.